The summed E-state index contributed by atoms with van der Waals surface area (Å²) in [6.45, 7) is 9.22. The van der Waals surface area contributed by atoms with Gasteiger partial charge < -0.3 is 15.2 Å². The zero-order valence-corrected chi connectivity index (χ0v) is 13.9. The molecule has 0 spiro atoms. The third kappa shape index (κ3) is 4.23. The molecule has 1 aromatic rings. The third-order valence-corrected chi connectivity index (χ3v) is 3.25. The Hall–Kier alpha value is -2.04. The lowest BCUT2D eigenvalue weighted by Gasteiger charge is -2.28. The summed E-state index contributed by atoms with van der Waals surface area (Å²) < 4.78 is 5.16. The van der Waals surface area contributed by atoms with E-state index in [0.717, 1.165) is 11.1 Å². The Bertz CT molecular complexity index is 521. The summed E-state index contributed by atoms with van der Waals surface area (Å²) in [5, 5.41) is 12.0. The quantitative estimate of drug-likeness (QED) is 0.880. The molecule has 1 aliphatic rings. The zero-order chi connectivity index (χ0) is 17.0. The van der Waals surface area contributed by atoms with Gasteiger partial charge in [-0.25, -0.2) is 9.59 Å². The molecule has 0 radical (unpaired) electrons. The number of rotatable bonds is 2. The molecule has 0 fully saturated rings. The first-order valence-electron chi connectivity index (χ1n) is 7.53. The van der Waals surface area contributed by atoms with E-state index in [9.17, 15) is 14.7 Å². The average molecular weight is 307 g/mol. The van der Waals surface area contributed by atoms with Crippen LogP contribution < -0.4 is 5.32 Å². The average Bonchev–Trinajstić information content (AvgIpc) is 2.77. The van der Waals surface area contributed by atoms with Crippen LogP contribution in [0, 0.1) is 0 Å². The van der Waals surface area contributed by atoms with Crippen molar-refractivity contribution in [2.75, 3.05) is 0 Å². The summed E-state index contributed by atoms with van der Waals surface area (Å²) in [6, 6.07) is 7.50. The Labute approximate surface area is 131 Å². The van der Waals surface area contributed by atoms with Crippen LogP contribution in [-0.4, -0.2) is 28.3 Å². The van der Waals surface area contributed by atoms with Gasteiger partial charge in [0.15, 0.2) is 0 Å². The Kier molecular flexibility index (Phi) is 5.58. The molecule has 0 heterocycles. The minimum Gasteiger partial charge on any atom is -0.479 e. The fourth-order valence-electron chi connectivity index (χ4n) is 2.41. The molecule has 5 nitrogen and oxygen atoms in total. The molecule has 2 N–H and O–H groups in total. The third-order valence-electron chi connectivity index (χ3n) is 3.25. The number of carboxylic acid groups (broad SMARTS) is 1. The van der Waals surface area contributed by atoms with Gasteiger partial charge in [0.25, 0.3) is 0 Å². The molecule has 0 saturated carbocycles. The van der Waals surface area contributed by atoms with Gasteiger partial charge in [0.2, 0.25) is 0 Å². The molecule has 1 amide bonds. The van der Waals surface area contributed by atoms with E-state index in [-0.39, 0.29) is 12.8 Å². The normalized spacial score (nSPS) is 15.1. The van der Waals surface area contributed by atoms with E-state index in [1.54, 1.807) is 20.8 Å². The molecular formula is C17H25NO4. The number of aliphatic carboxylic acids is 1. The van der Waals surface area contributed by atoms with E-state index in [0.29, 0.717) is 0 Å². The minimum absolute atomic E-state index is 0.276. The van der Waals surface area contributed by atoms with Crippen LogP contribution in [0.15, 0.2) is 24.3 Å². The van der Waals surface area contributed by atoms with Crippen molar-refractivity contribution in [1.82, 2.24) is 5.32 Å². The van der Waals surface area contributed by atoms with Crippen molar-refractivity contribution in [2.24, 2.45) is 0 Å². The molecular weight excluding hydrogens is 282 g/mol. The molecule has 0 unspecified atom stereocenters. The van der Waals surface area contributed by atoms with E-state index in [4.69, 9.17) is 4.74 Å². The van der Waals surface area contributed by atoms with Crippen LogP contribution in [0.2, 0.25) is 0 Å². The Morgan fingerprint density at radius 1 is 1.14 bits per heavy atom. The zero-order valence-electron chi connectivity index (χ0n) is 13.9. The highest BCUT2D eigenvalue weighted by atomic mass is 16.6. The Morgan fingerprint density at radius 3 is 1.95 bits per heavy atom. The lowest BCUT2D eigenvalue weighted by Crippen LogP contribution is -2.56. The first kappa shape index (κ1) is 18.0. The van der Waals surface area contributed by atoms with Gasteiger partial charge in [-0.2, -0.15) is 0 Å². The number of nitrogens with one attached hydrogen (secondary N) is 1. The number of hydrogen-bond donors (Lipinski definition) is 2. The van der Waals surface area contributed by atoms with E-state index in [1.807, 2.05) is 38.1 Å². The summed E-state index contributed by atoms with van der Waals surface area (Å²) in [5.74, 6) is -1.04. The summed E-state index contributed by atoms with van der Waals surface area (Å²) in [6.07, 6.45) is -0.150. The number of benzene rings is 1. The standard InChI is InChI=1S/C15H19NO4.C2H6/c1-14(2,3)20-13(19)16-15(12(17)18)8-10-6-4-5-7-11(10)9-15;1-2/h4-7H,8-9H2,1-3H3,(H,16,19)(H,17,18);1-2H3. The van der Waals surface area contributed by atoms with Crippen molar-refractivity contribution in [3.05, 3.63) is 35.4 Å². The van der Waals surface area contributed by atoms with Crippen LogP contribution in [0.25, 0.3) is 0 Å². The Morgan fingerprint density at radius 2 is 1.59 bits per heavy atom. The number of carboxylic acids is 1. The SMILES string of the molecule is CC.CC(C)(C)OC(=O)NC1(C(=O)O)Cc2ccccc2C1. The van der Waals surface area contributed by atoms with Gasteiger partial charge in [0, 0.05) is 12.8 Å². The molecule has 0 aliphatic heterocycles. The van der Waals surface area contributed by atoms with Crippen LogP contribution >= 0.6 is 0 Å². The second-order valence-corrected chi connectivity index (χ2v) is 6.14. The van der Waals surface area contributed by atoms with Crippen molar-refractivity contribution in [1.29, 1.82) is 0 Å². The van der Waals surface area contributed by atoms with Crippen molar-refractivity contribution in [2.45, 2.75) is 58.6 Å². The van der Waals surface area contributed by atoms with Crippen LogP contribution in [0.3, 0.4) is 0 Å². The molecule has 0 aromatic heterocycles. The highest BCUT2D eigenvalue weighted by Crippen LogP contribution is 2.30. The number of fused-ring (bicyclic) bond motifs is 1. The first-order chi connectivity index (χ1) is 10.2. The van der Waals surface area contributed by atoms with Gasteiger partial charge in [0.05, 0.1) is 0 Å². The van der Waals surface area contributed by atoms with Crippen LogP contribution in [0.1, 0.15) is 45.7 Å². The minimum atomic E-state index is -1.31. The van der Waals surface area contributed by atoms with E-state index < -0.39 is 23.2 Å². The highest BCUT2D eigenvalue weighted by Gasteiger charge is 2.46. The number of carbonyl (C=O) groups is 2. The van der Waals surface area contributed by atoms with Crippen molar-refractivity contribution >= 4 is 12.1 Å². The molecule has 1 aromatic carbocycles. The fraction of sp³-hybridized carbons (Fsp3) is 0.529. The van der Waals surface area contributed by atoms with Crippen molar-refractivity contribution < 1.29 is 19.4 Å². The van der Waals surface area contributed by atoms with Gasteiger partial charge in [0.1, 0.15) is 11.1 Å². The van der Waals surface area contributed by atoms with Crippen LogP contribution in [-0.2, 0) is 22.4 Å². The molecule has 122 valence electrons. The van der Waals surface area contributed by atoms with E-state index in [2.05, 4.69) is 5.32 Å². The molecule has 0 saturated heterocycles. The lowest BCUT2D eigenvalue weighted by atomic mass is 9.96. The summed E-state index contributed by atoms with van der Waals surface area (Å²) in [7, 11) is 0. The first-order valence-corrected chi connectivity index (χ1v) is 7.53. The summed E-state index contributed by atoms with van der Waals surface area (Å²) in [4.78, 5) is 23.5. The predicted octanol–water partition coefficient (Wildman–Crippen LogP) is 3.16. The molecule has 1 aliphatic carbocycles. The molecule has 5 heteroatoms. The van der Waals surface area contributed by atoms with E-state index >= 15 is 0 Å². The van der Waals surface area contributed by atoms with E-state index in [1.165, 1.54) is 0 Å². The summed E-state index contributed by atoms with van der Waals surface area (Å²) >= 11 is 0. The van der Waals surface area contributed by atoms with Gasteiger partial charge in [-0.1, -0.05) is 38.1 Å². The Balaban J connectivity index is 0.00000116. The topological polar surface area (TPSA) is 75.6 Å². The van der Waals surface area contributed by atoms with Crippen LogP contribution in [0.5, 0.6) is 0 Å². The number of alkyl carbamates (subject to hydrolysis) is 1. The smallest absolute Gasteiger partial charge is 0.408 e. The largest absolute Gasteiger partial charge is 0.479 e. The van der Waals surface area contributed by atoms with Gasteiger partial charge in [-0.3, -0.25) is 0 Å². The lowest BCUT2D eigenvalue weighted by molar-refractivity contribution is -0.144. The maximum absolute atomic E-state index is 11.9. The van der Waals surface area contributed by atoms with Crippen molar-refractivity contribution in [3.63, 3.8) is 0 Å². The predicted molar refractivity (Wildman–Crippen MR) is 84.9 cm³/mol. The van der Waals surface area contributed by atoms with Gasteiger partial charge in [-0.15, -0.1) is 0 Å². The van der Waals surface area contributed by atoms with Gasteiger partial charge >= 0.3 is 12.1 Å². The molecule has 2 rings (SSSR count). The molecule has 0 atom stereocenters. The number of amides is 1. The second-order valence-electron chi connectivity index (χ2n) is 6.14. The molecule has 22 heavy (non-hydrogen) atoms. The summed E-state index contributed by atoms with van der Waals surface area (Å²) in [5.41, 5.74) is -0.0711. The monoisotopic (exact) mass is 307 g/mol. The molecule has 0 bridgehead atoms. The number of ether oxygens (including phenoxy) is 1. The fourth-order valence-corrected chi connectivity index (χ4v) is 2.41. The second kappa shape index (κ2) is 6.81. The number of hydrogen-bond acceptors (Lipinski definition) is 3. The number of carbonyl (C=O) groups excluding carboxylic acids is 1. The maximum atomic E-state index is 11.9. The highest BCUT2D eigenvalue weighted by molar-refractivity contribution is 5.86. The van der Waals surface area contributed by atoms with Crippen LogP contribution in [0.4, 0.5) is 4.79 Å². The van der Waals surface area contributed by atoms with Gasteiger partial charge in [-0.05, 0) is 31.9 Å². The maximum Gasteiger partial charge on any atom is 0.408 e. The van der Waals surface area contributed by atoms with Crippen molar-refractivity contribution in [3.8, 4) is 0 Å².